The first-order chi connectivity index (χ1) is 15.3. The van der Waals surface area contributed by atoms with Gasteiger partial charge in [0.2, 0.25) is 5.91 Å². The fourth-order valence-corrected chi connectivity index (χ4v) is 5.02. The SMILES string of the molecule is CCC1C2=C(CC(C)(C)CC2=O)Nc2ccccc2N1CC(=O)NCc1ccccc1Cl. The van der Waals surface area contributed by atoms with Gasteiger partial charge in [0.05, 0.1) is 24.0 Å². The summed E-state index contributed by atoms with van der Waals surface area (Å²) >= 11 is 6.24. The smallest absolute Gasteiger partial charge is 0.239 e. The van der Waals surface area contributed by atoms with Crippen molar-refractivity contribution in [2.45, 2.75) is 52.6 Å². The van der Waals surface area contributed by atoms with E-state index in [2.05, 4.69) is 36.3 Å². The third kappa shape index (κ3) is 4.53. The highest BCUT2D eigenvalue weighted by Gasteiger charge is 2.40. The van der Waals surface area contributed by atoms with Gasteiger partial charge in [-0.3, -0.25) is 9.59 Å². The van der Waals surface area contributed by atoms with Gasteiger partial charge in [-0.05, 0) is 42.0 Å². The quantitative estimate of drug-likeness (QED) is 0.646. The maximum Gasteiger partial charge on any atom is 0.239 e. The van der Waals surface area contributed by atoms with Gasteiger partial charge >= 0.3 is 0 Å². The number of nitrogens with zero attached hydrogens (tertiary/aromatic N) is 1. The molecule has 0 aromatic heterocycles. The standard InChI is InChI=1S/C26H30ClN3O2/c1-4-21-25-20(13-26(2,3)14-23(25)31)29-19-11-7-8-12-22(19)30(21)16-24(32)28-15-17-9-5-6-10-18(17)27/h5-12,21,29H,4,13-16H2,1-3H3,(H,28,32). The van der Waals surface area contributed by atoms with Gasteiger partial charge in [0, 0.05) is 29.3 Å². The Morgan fingerprint density at radius 3 is 2.62 bits per heavy atom. The lowest BCUT2D eigenvalue weighted by Gasteiger charge is -2.37. The highest BCUT2D eigenvalue weighted by molar-refractivity contribution is 6.31. The van der Waals surface area contributed by atoms with Crippen LogP contribution in [0.4, 0.5) is 11.4 Å². The maximum absolute atomic E-state index is 13.3. The fraction of sp³-hybridized carbons (Fsp3) is 0.385. The number of para-hydroxylation sites is 2. The molecule has 2 N–H and O–H groups in total. The van der Waals surface area contributed by atoms with E-state index in [-0.39, 0.29) is 29.7 Å². The summed E-state index contributed by atoms with van der Waals surface area (Å²) in [5.74, 6) is 0.0655. The number of nitrogens with one attached hydrogen (secondary N) is 2. The second kappa shape index (κ2) is 8.99. The zero-order chi connectivity index (χ0) is 22.9. The first-order valence-corrected chi connectivity index (χ1v) is 11.6. The van der Waals surface area contributed by atoms with E-state index in [1.54, 1.807) is 0 Å². The molecule has 1 aliphatic carbocycles. The molecule has 1 atom stereocenters. The first-order valence-electron chi connectivity index (χ1n) is 11.2. The van der Waals surface area contributed by atoms with Crippen molar-refractivity contribution in [2.24, 2.45) is 5.41 Å². The summed E-state index contributed by atoms with van der Waals surface area (Å²) in [7, 11) is 0. The van der Waals surface area contributed by atoms with Gasteiger partial charge in [0.1, 0.15) is 0 Å². The normalized spacial score (nSPS) is 19.6. The molecule has 1 heterocycles. The van der Waals surface area contributed by atoms with E-state index in [0.717, 1.165) is 41.1 Å². The van der Waals surface area contributed by atoms with Crippen molar-refractivity contribution < 1.29 is 9.59 Å². The van der Waals surface area contributed by atoms with Crippen LogP contribution in [0, 0.1) is 5.41 Å². The lowest BCUT2D eigenvalue weighted by atomic mass is 9.74. The molecule has 0 bridgehead atoms. The largest absolute Gasteiger partial charge is 0.357 e. The number of allylic oxidation sites excluding steroid dienone is 1. The second-order valence-electron chi connectivity index (χ2n) is 9.40. The van der Waals surface area contributed by atoms with Crippen LogP contribution in [-0.2, 0) is 16.1 Å². The summed E-state index contributed by atoms with van der Waals surface area (Å²) in [6.45, 7) is 6.87. The summed E-state index contributed by atoms with van der Waals surface area (Å²) in [5.41, 5.74) is 4.47. The van der Waals surface area contributed by atoms with Crippen LogP contribution in [0.25, 0.3) is 0 Å². The molecule has 0 saturated heterocycles. The highest BCUT2D eigenvalue weighted by Crippen LogP contribution is 2.44. The average Bonchev–Trinajstić information content (AvgIpc) is 2.86. The Kier molecular flexibility index (Phi) is 6.29. The number of Topliss-reactive ketones (excluding diaryl/α,β-unsaturated/α-hetero) is 1. The van der Waals surface area contributed by atoms with Crippen molar-refractivity contribution >= 4 is 34.7 Å². The van der Waals surface area contributed by atoms with Crippen LogP contribution in [0.3, 0.4) is 0 Å². The Morgan fingerprint density at radius 1 is 1.16 bits per heavy atom. The fourth-order valence-electron chi connectivity index (χ4n) is 4.82. The summed E-state index contributed by atoms with van der Waals surface area (Å²) in [4.78, 5) is 28.3. The van der Waals surface area contributed by atoms with E-state index in [9.17, 15) is 9.59 Å². The lowest BCUT2D eigenvalue weighted by molar-refractivity contribution is -0.120. The number of anilines is 2. The molecule has 0 spiro atoms. The maximum atomic E-state index is 13.3. The van der Waals surface area contributed by atoms with Crippen molar-refractivity contribution in [3.05, 3.63) is 70.4 Å². The summed E-state index contributed by atoms with van der Waals surface area (Å²) < 4.78 is 0. The third-order valence-electron chi connectivity index (χ3n) is 6.26. The van der Waals surface area contributed by atoms with E-state index in [4.69, 9.17) is 11.6 Å². The van der Waals surface area contributed by atoms with E-state index in [0.29, 0.717) is 18.0 Å². The minimum atomic E-state index is -0.157. The van der Waals surface area contributed by atoms with Crippen LogP contribution in [0.15, 0.2) is 59.8 Å². The number of ketones is 1. The summed E-state index contributed by atoms with van der Waals surface area (Å²) in [6, 6.07) is 15.3. The summed E-state index contributed by atoms with van der Waals surface area (Å²) in [6.07, 6.45) is 2.07. The van der Waals surface area contributed by atoms with Gasteiger partial charge < -0.3 is 15.5 Å². The van der Waals surface area contributed by atoms with Crippen LogP contribution in [-0.4, -0.2) is 24.3 Å². The molecule has 1 unspecified atom stereocenters. The average molecular weight is 452 g/mol. The van der Waals surface area contributed by atoms with Crippen molar-refractivity contribution in [3.8, 4) is 0 Å². The van der Waals surface area contributed by atoms with E-state index in [1.165, 1.54) is 0 Å². The van der Waals surface area contributed by atoms with Gasteiger partial charge in [-0.1, -0.05) is 62.7 Å². The molecular formula is C26H30ClN3O2. The zero-order valence-corrected chi connectivity index (χ0v) is 19.6. The van der Waals surface area contributed by atoms with Gasteiger partial charge in [0.15, 0.2) is 5.78 Å². The Labute approximate surface area is 194 Å². The summed E-state index contributed by atoms with van der Waals surface area (Å²) in [5, 5.41) is 7.17. The number of benzene rings is 2. The second-order valence-corrected chi connectivity index (χ2v) is 9.80. The molecule has 168 valence electrons. The number of carbonyl (C=O) groups excluding carboxylic acids is 2. The van der Waals surface area contributed by atoms with Crippen LogP contribution in [0.5, 0.6) is 0 Å². The van der Waals surface area contributed by atoms with Gasteiger partial charge in [-0.2, -0.15) is 0 Å². The minimum Gasteiger partial charge on any atom is -0.357 e. The number of carbonyl (C=O) groups is 2. The zero-order valence-electron chi connectivity index (χ0n) is 18.9. The van der Waals surface area contributed by atoms with Gasteiger partial charge in [0.25, 0.3) is 0 Å². The number of rotatable bonds is 5. The van der Waals surface area contributed by atoms with Crippen molar-refractivity contribution in [2.75, 3.05) is 16.8 Å². The number of amides is 1. The highest BCUT2D eigenvalue weighted by atomic mass is 35.5. The third-order valence-corrected chi connectivity index (χ3v) is 6.63. The van der Waals surface area contributed by atoms with Crippen molar-refractivity contribution in [3.63, 3.8) is 0 Å². The van der Waals surface area contributed by atoms with Crippen molar-refractivity contribution in [1.29, 1.82) is 0 Å². The Hall–Kier alpha value is -2.79. The molecule has 1 aliphatic heterocycles. The Morgan fingerprint density at radius 2 is 1.88 bits per heavy atom. The molecule has 32 heavy (non-hydrogen) atoms. The number of halogens is 1. The van der Waals surface area contributed by atoms with Crippen LogP contribution >= 0.6 is 11.6 Å². The molecule has 2 aromatic carbocycles. The number of hydrogen-bond donors (Lipinski definition) is 2. The van der Waals surface area contributed by atoms with Crippen LogP contribution < -0.4 is 15.5 Å². The lowest BCUT2D eigenvalue weighted by Crippen LogP contribution is -2.46. The Bertz CT molecular complexity index is 1080. The molecular weight excluding hydrogens is 422 g/mol. The van der Waals surface area contributed by atoms with E-state index in [1.807, 2.05) is 48.5 Å². The molecule has 5 nitrogen and oxygen atoms in total. The molecule has 2 aliphatic rings. The number of fused-ring (bicyclic) bond motifs is 1. The molecule has 0 radical (unpaired) electrons. The molecule has 2 aromatic rings. The topological polar surface area (TPSA) is 61.4 Å². The number of hydrogen-bond acceptors (Lipinski definition) is 4. The first kappa shape index (κ1) is 22.4. The predicted molar refractivity (Wildman–Crippen MR) is 130 cm³/mol. The van der Waals surface area contributed by atoms with Gasteiger partial charge in [-0.15, -0.1) is 0 Å². The van der Waals surface area contributed by atoms with Crippen molar-refractivity contribution in [1.82, 2.24) is 5.32 Å². The van der Waals surface area contributed by atoms with Crippen LogP contribution in [0.1, 0.15) is 45.6 Å². The van der Waals surface area contributed by atoms with E-state index >= 15 is 0 Å². The van der Waals surface area contributed by atoms with Gasteiger partial charge in [-0.25, -0.2) is 0 Å². The molecule has 0 saturated carbocycles. The van der Waals surface area contributed by atoms with Crippen LogP contribution in [0.2, 0.25) is 5.02 Å². The Balaban J connectivity index is 1.64. The molecule has 0 fully saturated rings. The molecule has 6 heteroatoms. The minimum absolute atomic E-state index is 0.0857. The van der Waals surface area contributed by atoms with E-state index < -0.39 is 0 Å². The monoisotopic (exact) mass is 451 g/mol. The molecule has 4 rings (SSSR count). The predicted octanol–water partition coefficient (Wildman–Crippen LogP) is 5.31. The molecule has 1 amide bonds.